The van der Waals surface area contributed by atoms with Crippen molar-refractivity contribution in [1.82, 2.24) is 20.9 Å². The van der Waals surface area contributed by atoms with E-state index in [0.29, 0.717) is 19.5 Å². The van der Waals surface area contributed by atoms with E-state index in [1.807, 2.05) is 50.2 Å². The maximum Gasteiger partial charge on any atom is 0.408 e. The number of rotatable bonds is 9. The van der Waals surface area contributed by atoms with Crippen LogP contribution in [0.3, 0.4) is 0 Å². The quantitative estimate of drug-likeness (QED) is 0.576. The molecule has 1 aliphatic rings. The van der Waals surface area contributed by atoms with Crippen LogP contribution in [0.4, 0.5) is 9.59 Å². The molecule has 0 bridgehead atoms. The number of benzene rings is 1. The van der Waals surface area contributed by atoms with E-state index in [1.165, 1.54) is 4.90 Å². The fraction of sp³-hybridized carbons (Fsp3) is 0.500. The van der Waals surface area contributed by atoms with Crippen LogP contribution in [0.15, 0.2) is 30.3 Å². The Labute approximate surface area is 170 Å². The van der Waals surface area contributed by atoms with Crippen molar-refractivity contribution < 1.29 is 19.1 Å². The summed E-state index contributed by atoms with van der Waals surface area (Å²) in [7, 11) is 0. The predicted molar refractivity (Wildman–Crippen MR) is 106 cm³/mol. The Morgan fingerprint density at radius 2 is 2.00 bits per heavy atom. The number of urea groups is 1. The molecule has 0 aliphatic carbocycles. The highest BCUT2D eigenvalue weighted by molar-refractivity contribution is 5.86. The SMILES string of the molecule is CC(C)CC(NC(=O)OCc1ccccc1)C(=O)NC(C#N)CN1CCNC1=O. The number of alkyl carbamates (subject to hydrolysis) is 1. The molecule has 1 aromatic carbocycles. The smallest absolute Gasteiger partial charge is 0.408 e. The Kier molecular flexibility index (Phi) is 8.27. The second-order valence-electron chi connectivity index (χ2n) is 7.26. The van der Waals surface area contributed by atoms with Crippen LogP contribution in [-0.2, 0) is 16.1 Å². The molecular formula is C20H27N5O4. The Hall–Kier alpha value is -3.28. The Morgan fingerprint density at radius 1 is 1.28 bits per heavy atom. The fourth-order valence-electron chi connectivity index (χ4n) is 2.91. The molecule has 0 aromatic heterocycles. The topological polar surface area (TPSA) is 124 Å². The number of nitrogens with zero attached hydrogens (tertiary/aromatic N) is 2. The van der Waals surface area contributed by atoms with Crippen LogP contribution in [0.25, 0.3) is 0 Å². The van der Waals surface area contributed by atoms with Crippen LogP contribution >= 0.6 is 0 Å². The van der Waals surface area contributed by atoms with E-state index in [9.17, 15) is 19.6 Å². The van der Waals surface area contributed by atoms with Crippen molar-refractivity contribution in [2.24, 2.45) is 5.92 Å². The Bertz CT molecular complexity index is 747. The summed E-state index contributed by atoms with van der Waals surface area (Å²) in [4.78, 5) is 37.9. The highest BCUT2D eigenvalue weighted by Gasteiger charge is 2.28. The van der Waals surface area contributed by atoms with Crippen LogP contribution in [0.1, 0.15) is 25.8 Å². The van der Waals surface area contributed by atoms with Gasteiger partial charge >= 0.3 is 12.1 Å². The molecule has 1 heterocycles. The highest BCUT2D eigenvalue weighted by Crippen LogP contribution is 2.07. The van der Waals surface area contributed by atoms with Gasteiger partial charge in [-0.05, 0) is 17.9 Å². The van der Waals surface area contributed by atoms with Gasteiger partial charge in [-0.1, -0.05) is 44.2 Å². The third kappa shape index (κ3) is 7.33. The molecule has 0 radical (unpaired) electrons. The van der Waals surface area contributed by atoms with Gasteiger partial charge in [0.1, 0.15) is 18.7 Å². The number of nitriles is 1. The molecule has 0 saturated carbocycles. The van der Waals surface area contributed by atoms with Crippen molar-refractivity contribution in [3.63, 3.8) is 0 Å². The van der Waals surface area contributed by atoms with E-state index in [4.69, 9.17) is 4.74 Å². The van der Waals surface area contributed by atoms with E-state index >= 15 is 0 Å². The van der Waals surface area contributed by atoms with Crippen molar-refractivity contribution in [1.29, 1.82) is 5.26 Å². The summed E-state index contributed by atoms with van der Waals surface area (Å²) >= 11 is 0. The van der Waals surface area contributed by atoms with E-state index in [0.717, 1.165) is 5.56 Å². The number of nitrogens with one attached hydrogen (secondary N) is 3. The lowest BCUT2D eigenvalue weighted by Gasteiger charge is -2.23. The summed E-state index contributed by atoms with van der Waals surface area (Å²) < 4.78 is 5.19. The molecule has 1 aliphatic heterocycles. The molecule has 9 heteroatoms. The second-order valence-corrected chi connectivity index (χ2v) is 7.26. The number of amides is 4. The summed E-state index contributed by atoms with van der Waals surface area (Å²) in [5, 5.41) is 17.2. The zero-order valence-corrected chi connectivity index (χ0v) is 16.7. The van der Waals surface area contributed by atoms with Crippen molar-refractivity contribution in [3.8, 4) is 6.07 Å². The first-order valence-electron chi connectivity index (χ1n) is 9.59. The lowest BCUT2D eigenvalue weighted by atomic mass is 10.0. The summed E-state index contributed by atoms with van der Waals surface area (Å²) in [5.74, 6) is -0.355. The van der Waals surface area contributed by atoms with Gasteiger partial charge in [0.2, 0.25) is 5.91 Å². The standard InChI is InChI=1S/C20H27N5O4/c1-14(2)10-17(24-20(28)29-13-15-6-4-3-5-7-15)18(26)23-16(11-21)12-25-9-8-22-19(25)27/h3-7,14,16-17H,8-10,12-13H2,1-2H3,(H,22,27)(H,23,26)(H,24,28). The molecule has 2 rings (SSSR count). The van der Waals surface area contributed by atoms with Gasteiger partial charge in [0.25, 0.3) is 0 Å². The molecular weight excluding hydrogens is 374 g/mol. The molecule has 9 nitrogen and oxygen atoms in total. The predicted octanol–water partition coefficient (Wildman–Crippen LogP) is 1.36. The minimum Gasteiger partial charge on any atom is -0.445 e. The summed E-state index contributed by atoms with van der Waals surface area (Å²) in [6.45, 7) is 5.01. The normalized spacial score (nSPS) is 15.2. The average Bonchev–Trinajstić information content (AvgIpc) is 3.10. The van der Waals surface area contributed by atoms with Crippen molar-refractivity contribution >= 4 is 18.0 Å². The molecule has 0 spiro atoms. The third-order valence-electron chi connectivity index (χ3n) is 4.35. The van der Waals surface area contributed by atoms with Gasteiger partial charge in [-0.2, -0.15) is 5.26 Å². The first-order chi connectivity index (χ1) is 13.9. The van der Waals surface area contributed by atoms with Crippen molar-refractivity contribution in [3.05, 3.63) is 35.9 Å². The molecule has 156 valence electrons. The number of carbonyl (C=O) groups is 3. The van der Waals surface area contributed by atoms with E-state index < -0.39 is 24.1 Å². The largest absolute Gasteiger partial charge is 0.445 e. The van der Waals surface area contributed by atoms with Crippen molar-refractivity contribution in [2.45, 2.75) is 39.0 Å². The van der Waals surface area contributed by atoms with Crippen LogP contribution < -0.4 is 16.0 Å². The lowest BCUT2D eigenvalue weighted by Crippen LogP contribution is -2.52. The van der Waals surface area contributed by atoms with Crippen LogP contribution in [0.5, 0.6) is 0 Å². The molecule has 2 unspecified atom stereocenters. The van der Waals surface area contributed by atoms with Crippen LogP contribution in [0, 0.1) is 17.2 Å². The average molecular weight is 401 g/mol. The van der Waals surface area contributed by atoms with Gasteiger partial charge in [0.15, 0.2) is 0 Å². The number of carbonyl (C=O) groups excluding carboxylic acids is 3. The van der Waals surface area contributed by atoms with Crippen LogP contribution in [-0.4, -0.2) is 54.6 Å². The number of hydrogen-bond acceptors (Lipinski definition) is 5. The first kappa shape index (κ1) is 22.0. The molecule has 1 aromatic rings. The zero-order chi connectivity index (χ0) is 21.2. The zero-order valence-electron chi connectivity index (χ0n) is 16.7. The maximum atomic E-state index is 12.7. The Balaban J connectivity index is 1.91. The number of ether oxygens (including phenoxy) is 1. The molecule has 1 saturated heterocycles. The molecule has 29 heavy (non-hydrogen) atoms. The summed E-state index contributed by atoms with van der Waals surface area (Å²) in [6.07, 6.45) is -0.323. The van der Waals surface area contributed by atoms with Gasteiger partial charge in [-0.15, -0.1) is 0 Å². The first-order valence-corrected chi connectivity index (χ1v) is 9.59. The van der Waals surface area contributed by atoms with Gasteiger partial charge in [-0.25, -0.2) is 9.59 Å². The van der Waals surface area contributed by atoms with E-state index in [2.05, 4.69) is 16.0 Å². The number of hydrogen-bond donors (Lipinski definition) is 3. The molecule has 1 fully saturated rings. The third-order valence-corrected chi connectivity index (χ3v) is 4.35. The molecule has 3 N–H and O–H groups in total. The van der Waals surface area contributed by atoms with E-state index in [-0.39, 0.29) is 25.1 Å². The van der Waals surface area contributed by atoms with Crippen molar-refractivity contribution in [2.75, 3.05) is 19.6 Å². The lowest BCUT2D eigenvalue weighted by molar-refractivity contribution is -0.123. The highest BCUT2D eigenvalue weighted by atomic mass is 16.5. The summed E-state index contributed by atoms with van der Waals surface area (Å²) in [6, 6.07) is 9.22. The Morgan fingerprint density at radius 3 is 2.59 bits per heavy atom. The van der Waals surface area contributed by atoms with Gasteiger partial charge < -0.3 is 25.6 Å². The molecule has 4 amide bonds. The maximum absolute atomic E-state index is 12.7. The van der Waals surface area contributed by atoms with Gasteiger partial charge in [0.05, 0.1) is 12.6 Å². The molecule has 2 atom stereocenters. The minimum absolute atomic E-state index is 0.0843. The monoisotopic (exact) mass is 401 g/mol. The minimum atomic E-state index is -0.872. The van der Waals surface area contributed by atoms with E-state index in [1.54, 1.807) is 0 Å². The van der Waals surface area contributed by atoms with Gasteiger partial charge in [-0.3, -0.25) is 4.79 Å². The van der Waals surface area contributed by atoms with Crippen LogP contribution in [0.2, 0.25) is 0 Å². The second kappa shape index (κ2) is 10.9. The van der Waals surface area contributed by atoms with Gasteiger partial charge in [0, 0.05) is 13.1 Å². The summed E-state index contributed by atoms with van der Waals surface area (Å²) in [5.41, 5.74) is 0.834. The fourth-order valence-corrected chi connectivity index (χ4v) is 2.91.